The molecular weight excluding hydrogens is 627 g/mol. The Labute approximate surface area is 281 Å². The van der Waals surface area contributed by atoms with Gasteiger partial charge >= 0.3 is 5.97 Å². The second-order valence-electron chi connectivity index (χ2n) is 14.5. The van der Waals surface area contributed by atoms with Crippen molar-refractivity contribution in [3.8, 4) is 0 Å². The molecule has 1 saturated heterocycles. The molecule has 1 spiro atoms. The fourth-order valence-electron chi connectivity index (χ4n) is 6.07. The Balaban J connectivity index is 1.75. The number of aliphatic carboxylic acids is 1. The van der Waals surface area contributed by atoms with E-state index in [1.807, 2.05) is 42.7 Å². The van der Waals surface area contributed by atoms with E-state index < -0.39 is 17.0 Å². The Morgan fingerprint density at radius 1 is 0.978 bits per heavy atom. The van der Waals surface area contributed by atoms with Gasteiger partial charge in [-0.3, -0.25) is 24.2 Å². The summed E-state index contributed by atoms with van der Waals surface area (Å²) >= 11 is 12.7. The summed E-state index contributed by atoms with van der Waals surface area (Å²) < 4.78 is 0. The Kier molecular flexibility index (Phi) is 10.6. The fraction of sp³-hybridized carbons (Fsp3) is 0.514. The van der Waals surface area contributed by atoms with Crippen LogP contribution in [0.5, 0.6) is 0 Å². The number of hydrogen-bond acceptors (Lipinski definition) is 5. The van der Waals surface area contributed by atoms with E-state index in [2.05, 4.69) is 26.1 Å². The van der Waals surface area contributed by atoms with E-state index in [1.54, 1.807) is 30.3 Å². The summed E-state index contributed by atoms with van der Waals surface area (Å²) in [7, 11) is 0. The Morgan fingerprint density at radius 2 is 1.57 bits per heavy atom. The maximum Gasteiger partial charge on any atom is 0.305 e. The summed E-state index contributed by atoms with van der Waals surface area (Å²) in [5, 5.41) is 12.3. The van der Waals surface area contributed by atoms with Crippen LogP contribution in [0.2, 0.25) is 10.0 Å². The molecule has 248 valence electrons. The first-order chi connectivity index (χ1) is 21.4. The van der Waals surface area contributed by atoms with E-state index in [1.165, 1.54) is 0 Å². The van der Waals surface area contributed by atoms with E-state index in [-0.39, 0.29) is 47.9 Å². The van der Waals surface area contributed by atoms with E-state index in [4.69, 9.17) is 33.3 Å². The molecule has 4 rings (SSSR count). The zero-order valence-electron chi connectivity index (χ0n) is 27.5. The van der Waals surface area contributed by atoms with Crippen molar-refractivity contribution in [1.29, 1.82) is 0 Å². The minimum absolute atomic E-state index is 0.0230. The van der Waals surface area contributed by atoms with Crippen LogP contribution in [-0.2, 0) is 14.4 Å². The minimum Gasteiger partial charge on any atom is -0.481 e. The van der Waals surface area contributed by atoms with Crippen LogP contribution < -0.4 is 5.32 Å². The second kappa shape index (κ2) is 13.7. The van der Waals surface area contributed by atoms with Crippen LogP contribution in [-0.4, -0.2) is 69.6 Å². The van der Waals surface area contributed by atoms with Crippen molar-refractivity contribution in [1.82, 2.24) is 15.1 Å². The van der Waals surface area contributed by atoms with Crippen LogP contribution in [0.3, 0.4) is 0 Å². The number of nitrogens with one attached hydrogen (secondary N) is 1. The minimum atomic E-state index is -0.989. The van der Waals surface area contributed by atoms with Gasteiger partial charge < -0.3 is 20.2 Å². The van der Waals surface area contributed by atoms with Crippen LogP contribution in [0.15, 0.2) is 47.5 Å². The molecule has 2 N–H and O–H groups in total. The molecule has 1 atom stereocenters. The van der Waals surface area contributed by atoms with Crippen molar-refractivity contribution < 1.29 is 24.3 Å². The van der Waals surface area contributed by atoms with Gasteiger partial charge in [-0.25, -0.2) is 0 Å². The normalized spacial score (nSPS) is 17.2. The molecule has 2 heterocycles. The summed E-state index contributed by atoms with van der Waals surface area (Å²) in [6.07, 6.45) is 2.21. The number of amides is 3. The highest BCUT2D eigenvalue weighted by atomic mass is 35.5. The molecule has 0 unspecified atom stereocenters. The molecule has 1 fully saturated rings. The third-order valence-corrected chi connectivity index (χ3v) is 8.92. The SMILES string of the molecule is CC(C)(C)CC[C@H](c1ccc(C(=O)NCCC(=O)O)cc1)N1C(=O)C(c2cc(Cl)cc(Cl)c2)=NC12CCN(C(=O)C(C)(C)C)CC2. The average Bonchev–Trinajstić information content (AvgIpc) is 3.23. The highest BCUT2D eigenvalue weighted by Gasteiger charge is 2.52. The van der Waals surface area contributed by atoms with Gasteiger partial charge in [0, 0.05) is 59.1 Å². The Morgan fingerprint density at radius 3 is 2.09 bits per heavy atom. The summed E-state index contributed by atoms with van der Waals surface area (Å²) in [5.41, 5.74) is 0.628. The lowest BCUT2D eigenvalue weighted by Crippen LogP contribution is -2.56. The Bertz CT molecular complexity index is 1500. The van der Waals surface area contributed by atoms with Gasteiger partial charge in [-0.05, 0) is 54.2 Å². The first-order valence-electron chi connectivity index (χ1n) is 15.7. The zero-order valence-corrected chi connectivity index (χ0v) is 29.0. The fourth-order valence-corrected chi connectivity index (χ4v) is 6.60. The molecule has 2 aliphatic rings. The Hall–Kier alpha value is -3.43. The van der Waals surface area contributed by atoms with Crippen molar-refractivity contribution in [3.63, 3.8) is 0 Å². The molecule has 46 heavy (non-hydrogen) atoms. The number of carboxylic acid groups (broad SMARTS) is 1. The van der Waals surface area contributed by atoms with Crippen LogP contribution in [0.4, 0.5) is 0 Å². The number of carbonyl (C=O) groups is 4. The molecule has 0 aromatic heterocycles. The van der Waals surface area contributed by atoms with Gasteiger partial charge in [-0.1, -0.05) is 76.9 Å². The lowest BCUT2D eigenvalue weighted by molar-refractivity contribution is -0.144. The molecular formula is C35H44Cl2N4O5. The van der Waals surface area contributed by atoms with Crippen molar-refractivity contribution >= 4 is 52.6 Å². The second-order valence-corrected chi connectivity index (χ2v) is 15.3. The first-order valence-corrected chi connectivity index (χ1v) is 16.5. The molecule has 2 aromatic carbocycles. The lowest BCUT2D eigenvalue weighted by Gasteiger charge is -2.47. The molecule has 0 radical (unpaired) electrons. The molecule has 0 bridgehead atoms. The van der Waals surface area contributed by atoms with Crippen molar-refractivity contribution in [2.24, 2.45) is 15.8 Å². The average molecular weight is 672 g/mol. The van der Waals surface area contributed by atoms with E-state index in [0.717, 1.165) is 12.0 Å². The number of halogens is 2. The number of rotatable bonds is 9. The van der Waals surface area contributed by atoms with Gasteiger partial charge in [0.1, 0.15) is 11.4 Å². The lowest BCUT2D eigenvalue weighted by atomic mass is 9.84. The van der Waals surface area contributed by atoms with Gasteiger partial charge in [0.15, 0.2) is 0 Å². The monoisotopic (exact) mass is 670 g/mol. The largest absolute Gasteiger partial charge is 0.481 e. The number of piperidine rings is 1. The molecule has 0 saturated carbocycles. The quantitative estimate of drug-likeness (QED) is 0.305. The highest BCUT2D eigenvalue weighted by molar-refractivity contribution is 6.47. The molecule has 2 aromatic rings. The third kappa shape index (κ3) is 8.28. The van der Waals surface area contributed by atoms with Gasteiger partial charge in [-0.2, -0.15) is 0 Å². The van der Waals surface area contributed by atoms with Crippen molar-refractivity contribution in [3.05, 3.63) is 69.2 Å². The topological polar surface area (TPSA) is 119 Å². The van der Waals surface area contributed by atoms with Crippen LogP contribution in [0.25, 0.3) is 0 Å². The molecule has 11 heteroatoms. The number of nitrogens with zero attached hydrogens (tertiary/aromatic N) is 3. The van der Waals surface area contributed by atoms with E-state index in [9.17, 15) is 19.2 Å². The van der Waals surface area contributed by atoms with Crippen molar-refractivity contribution in [2.75, 3.05) is 19.6 Å². The number of aliphatic imine (C=N–C) groups is 1. The van der Waals surface area contributed by atoms with Gasteiger partial charge in [0.25, 0.3) is 11.8 Å². The summed E-state index contributed by atoms with van der Waals surface area (Å²) in [5.74, 6) is -1.53. The molecule has 3 amide bonds. The predicted octanol–water partition coefficient (Wildman–Crippen LogP) is 6.76. The number of carboxylic acids is 1. The van der Waals surface area contributed by atoms with E-state index >= 15 is 0 Å². The van der Waals surface area contributed by atoms with Crippen molar-refractivity contribution in [2.45, 2.75) is 85.4 Å². The number of hydrogen-bond donors (Lipinski definition) is 2. The van der Waals surface area contributed by atoms with Gasteiger partial charge in [0.05, 0.1) is 12.5 Å². The molecule has 2 aliphatic heterocycles. The number of carbonyl (C=O) groups excluding carboxylic acids is 3. The predicted molar refractivity (Wildman–Crippen MR) is 180 cm³/mol. The van der Waals surface area contributed by atoms with Gasteiger partial charge in [0.2, 0.25) is 5.91 Å². The molecule has 9 nitrogen and oxygen atoms in total. The third-order valence-electron chi connectivity index (χ3n) is 8.48. The van der Waals surface area contributed by atoms with E-state index in [0.29, 0.717) is 53.5 Å². The summed E-state index contributed by atoms with van der Waals surface area (Å²) in [4.78, 5) is 60.2. The van der Waals surface area contributed by atoms with Crippen LogP contribution >= 0.6 is 23.2 Å². The maximum absolute atomic E-state index is 14.6. The standard InChI is InChI=1S/C35H44Cl2N4O5/c1-33(2,3)13-11-27(22-7-9-23(10-8-22)30(44)38-16-12-28(42)43)41-31(45)29(24-19-25(36)21-26(37)20-24)39-35(41)14-17-40(18-15-35)32(46)34(4,5)6/h7-10,19-21,27H,11-18H2,1-6H3,(H,38,44)(H,42,43)/t27-/m1/s1. The zero-order chi connectivity index (χ0) is 34.0. The first kappa shape index (κ1) is 35.4. The summed E-state index contributed by atoms with van der Waals surface area (Å²) in [6, 6.07) is 11.7. The number of benzene rings is 2. The van der Waals surface area contributed by atoms with Crippen LogP contribution in [0, 0.1) is 10.8 Å². The number of likely N-dealkylation sites (tertiary alicyclic amines) is 1. The maximum atomic E-state index is 14.6. The molecule has 0 aliphatic carbocycles. The highest BCUT2D eigenvalue weighted by Crippen LogP contribution is 2.45. The smallest absolute Gasteiger partial charge is 0.305 e. The van der Waals surface area contributed by atoms with Gasteiger partial charge in [-0.15, -0.1) is 0 Å². The van der Waals surface area contributed by atoms with Crippen LogP contribution in [0.1, 0.15) is 101 Å². The summed E-state index contributed by atoms with van der Waals surface area (Å²) in [6.45, 7) is 13.1.